The van der Waals surface area contributed by atoms with E-state index in [-0.39, 0.29) is 6.03 Å². The number of ether oxygens (including phenoxy) is 1. The number of nitrogens with one attached hydrogen (secondary N) is 2. The fourth-order valence-corrected chi connectivity index (χ4v) is 1.67. The first-order valence-electron chi connectivity index (χ1n) is 7.20. The Balaban J connectivity index is 2.17. The number of hydrogen-bond donors (Lipinski definition) is 2. The van der Waals surface area contributed by atoms with Crippen LogP contribution in [0.1, 0.15) is 25.8 Å². The molecular formula is C16H23N3O2. The zero-order chi connectivity index (χ0) is 15.5. The molecule has 2 amide bonds. The molecule has 0 atom stereocenters. The van der Waals surface area contributed by atoms with Crippen LogP contribution in [0.2, 0.25) is 0 Å². The second-order valence-electron chi connectivity index (χ2n) is 5.24. The lowest BCUT2D eigenvalue weighted by Gasteiger charge is -2.09. The summed E-state index contributed by atoms with van der Waals surface area (Å²) in [5, 5.41) is 14.1. The number of rotatable bonds is 8. The van der Waals surface area contributed by atoms with Crippen LogP contribution in [0, 0.1) is 17.2 Å². The van der Waals surface area contributed by atoms with Gasteiger partial charge in [0.2, 0.25) is 0 Å². The Morgan fingerprint density at radius 2 is 2.05 bits per heavy atom. The summed E-state index contributed by atoms with van der Waals surface area (Å²) in [5.41, 5.74) is 1.65. The molecule has 1 rings (SSSR count). The molecule has 0 unspecified atom stereocenters. The van der Waals surface area contributed by atoms with Crippen LogP contribution in [0.3, 0.4) is 0 Å². The Hall–Kier alpha value is -2.06. The van der Waals surface area contributed by atoms with Crippen molar-refractivity contribution in [2.24, 2.45) is 5.92 Å². The summed E-state index contributed by atoms with van der Waals surface area (Å²) >= 11 is 0. The quantitative estimate of drug-likeness (QED) is 0.723. The zero-order valence-corrected chi connectivity index (χ0v) is 12.7. The van der Waals surface area contributed by atoms with Gasteiger partial charge in [-0.2, -0.15) is 5.26 Å². The molecule has 1 aromatic carbocycles. The van der Waals surface area contributed by atoms with Crippen molar-refractivity contribution in [3.05, 3.63) is 29.8 Å². The number of amides is 2. The number of carbonyl (C=O) groups is 1. The molecule has 5 nitrogen and oxygen atoms in total. The molecule has 114 valence electrons. The van der Waals surface area contributed by atoms with E-state index in [1.54, 1.807) is 12.1 Å². The fourth-order valence-electron chi connectivity index (χ4n) is 1.67. The maximum atomic E-state index is 11.6. The standard InChI is InChI=1S/C16H23N3O2/c1-13(2)12-21-11-3-10-18-16(20)19-15-6-4-14(5-7-15)8-9-17/h4-7,13H,3,8,10-12H2,1-2H3,(H2,18,19,20). The Labute approximate surface area is 126 Å². The molecule has 1 aromatic rings. The minimum atomic E-state index is -0.230. The molecule has 0 bridgehead atoms. The third kappa shape index (κ3) is 7.95. The second kappa shape index (κ2) is 9.78. The van der Waals surface area contributed by atoms with Crippen LogP contribution in [0.4, 0.5) is 10.5 Å². The third-order valence-electron chi connectivity index (χ3n) is 2.70. The van der Waals surface area contributed by atoms with Gasteiger partial charge in [-0.1, -0.05) is 26.0 Å². The normalized spacial score (nSPS) is 10.2. The summed E-state index contributed by atoms with van der Waals surface area (Å²) in [5.74, 6) is 0.533. The van der Waals surface area contributed by atoms with Gasteiger partial charge in [0.05, 0.1) is 12.5 Å². The van der Waals surface area contributed by atoms with Crippen molar-refractivity contribution < 1.29 is 9.53 Å². The highest BCUT2D eigenvalue weighted by atomic mass is 16.5. The largest absolute Gasteiger partial charge is 0.381 e. The highest BCUT2D eigenvalue weighted by Gasteiger charge is 2.01. The smallest absolute Gasteiger partial charge is 0.319 e. The number of carbonyl (C=O) groups excluding carboxylic acids is 1. The fraction of sp³-hybridized carbons (Fsp3) is 0.500. The van der Waals surface area contributed by atoms with Gasteiger partial charge >= 0.3 is 6.03 Å². The molecule has 2 N–H and O–H groups in total. The van der Waals surface area contributed by atoms with Gasteiger partial charge in [-0.15, -0.1) is 0 Å². The first-order chi connectivity index (χ1) is 10.1. The zero-order valence-electron chi connectivity index (χ0n) is 12.7. The van der Waals surface area contributed by atoms with Crippen molar-refractivity contribution >= 4 is 11.7 Å². The molecule has 0 spiro atoms. The molecule has 0 fully saturated rings. The number of nitriles is 1. The lowest BCUT2D eigenvalue weighted by molar-refractivity contribution is 0.108. The highest BCUT2D eigenvalue weighted by molar-refractivity contribution is 5.89. The highest BCUT2D eigenvalue weighted by Crippen LogP contribution is 2.09. The van der Waals surface area contributed by atoms with Gasteiger partial charge in [0.1, 0.15) is 0 Å². The molecule has 0 heterocycles. The summed E-state index contributed by atoms with van der Waals surface area (Å²) in [6.07, 6.45) is 1.17. The van der Waals surface area contributed by atoms with Crippen molar-refractivity contribution in [1.82, 2.24) is 5.32 Å². The summed E-state index contributed by atoms with van der Waals surface area (Å²) in [6.45, 7) is 6.19. The minimum absolute atomic E-state index is 0.230. The van der Waals surface area contributed by atoms with E-state index < -0.39 is 0 Å². The van der Waals surface area contributed by atoms with E-state index in [0.29, 0.717) is 31.2 Å². The summed E-state index contributed by atoms with van der Waals surface area (Å²) in [6, 6.07) is 9.10. The lowest BCUT2D eigenvalue weighted by atomic mass is 10.1. The summed E-state index contributed by atoms with van der Waals surface area (Å²) in [7, 11) is 0. The monoisotopic (exact) mass is 289 g/mol. The van der Waals surface area contributed by atoms with E-state index in [9.17, 15) is 4.79 Å². The number of nitrogens with zero attached hydrogens (tertiary/aromatic N) is 1. The van der Waals surface area contributed by atoms with Gasteiger partial charge < -0.3 is 15.4 Å². The van der Waals surface area contributed by atoms with Gasteiger partial charge in [-0.05, 0) is 30.0 Å². The molecule has 0 aliphatic rings. The predicted octanol–water partition coefficient (Wildman–Crippen LogP) is 2.94. The van der Waals surface area contributed by atoms with Crippen LogP contribution in [0.15, 0.2) is 24.3 Å². The van der Waals surface area contributed by atoms with Crippen LogP contribution < -0.4 is 10.6 Å². The van der Waals surface area contributed by atoms with Gasteiger partial charge in [0, 0.05) is 25.4 Å². The minimum Gasteiger partial charge on any atom is -0.381 e. The van der Waals surface area contributed by atoms with Gasteiger partial charge in [-0.25, -0.2) is 4.79 Å². The van der Waals surface area contributed by atoms with E-state index in [1.165, 1.54) is 0 Å². The molecule has 0 saturated heterocycles. The number of urea groups is 1. The average molecular weight is 289 g/mol. The molecule has 0 aliphatic carbocycles. The molecule has 0 aliphatic heterocycles. The van der Waals surface area contributed by atoms with Crippen LogP contribution in [0.25, 0.3) is 0 Å². The Morgan fingerprint density at radius 1 is 1.33 bits per heavy atom. The van der Waals surface area contributed by atoms with Crippen molar-refractivity contribution in [3.8, 4) is 6.07 Å². The maximum absolute atomic E-state index is 11.6. The van der Waals surface area contributed by atoms with Crippen LogP contribution in [0.5, 0.6) is 0 Å². The van der Waals surface area contributed by atoms with Crippen molar-refractivity contribution in [2.45, 2.75) is 26.7 Å². The molecule has 0 saturated carbocycles. The summed E-state index contributed by atoms with van der Waals surface area (Å²) in [4.78, 5) is 11.6. The predicted molar refractivity (Wildman–Crippen MR) is 83.1 cm³/mol. The van der Waals surface area contributed by atoms with Crippen LogP contribution in [-0.4, -0.2) is 25.8 Å². The number of benzene rings is 1. The Bertz CT molecular complexity index is 463. The Morgan fingerprint density at radius 3 is 2.67 bits per heavy atom. The van der Waals surface area contributed by atoms with Crippen molar-refractivity contribution in [3.63, 3.8) is 0 Å². The molecular weight excluding hydrogens is 266 g/mol. The van der Waals surface area contributed by atoms with E-state index in [2.05, 4.69) is 30.6 Å². The topological polar surface area (TPSA) is 74.2 Å². The maximum Gasteiger partial charge on any atom is 0.319 e. The number of anilines is 1. The van der Waals surface area contributed by atoms with Crippen molar-refractivity contribution in [1.29, 1.82) is 5.26 Å². The third-order valence-corrected chi connectivity index (χ3v) is 2.70. The lowest BCUT2D eigenvalue weighted by Crippen LogP contribution is -2.30. The van der Waals surface area contributed by atoms with Gasteiger partial charge in [0.25, 0.3) is 0 Å². The van der Waals surface area contributed by atoms with E-state index in [0.717, 1.165) is 18.6 Å². The van der Waals surface area contributed by atoms with Crippen molar-refractivity contribution in [2.75, 3.05) is 25.1 Å². The molecule has 5 heteroatoms. The molecule has 0 radical (unpaired) electrons. The molecule has 0 aromatic heterocycles. The van der Waals surface area contributed by atoms with Crippen LogP contribution >= 0.6 is 0 Å². The van der Waals surface area contributed by atoms with Gasteiger partial charge in [0.15, 0.2) is 0 Å². The van der Waals surface area contributed by atoms with E-state index in [1.807, 2.05) is 12.1 Å². The van der Waals surface area contributed by atoms with E-state index >= 15 is 0 Å². The SMILES string of the molecule is CC(C)COCCCNC(=O)Nc1ccc(CC#N)cc1. The molecule has 21 heavy (non-hydrogen) atoms. The van der Waals surface area contributed by atoms with Crippen LogP contribution in [-0.2, 0) is 11.2 Å². The van der Waals surface area contributed by atoms with E-state index in [4.69, 9.17) is 10.00 Å². The second-order valence-corrected chi connectivity index (χ2v) is 5.24. The number of hydrogen-bond acceptors (Lipinski definition) is 3. The average Bonchev–Trinajstić information content (AvgIpc) is 2.45. The summed E-state index contributed by atoms with van der Waals surface area (Å²) < 4.78 is 5.43. The first kappa shape index (κ1) is 17.0. The van der Waals surface area contributed by atoms with Gasteiger partial charge in [-0.3, -0.25) is 0 Å². The Kier molecular flexibility index (Phi) is 7.92. The first-order valence-corrected chi connectivity index (χ1v) is 7.20.